The standard InChI is InChI=1S/C23H25ClN3O2/c1-29-22-12-16(11-19(24)23(22)28)15-4-7-20-18(10-15)21(8-9-26-20)27-17-5-2-14(13-25)3-6-17/h4,7,9-12,14,17,28H,2-3,5-6,13,25H2,1H3,(H,26,27). The van der Waals surface area contributed by atoms with Gasteiger partial charge >= 0.3 is 0 Å². The number of methoxy groups -OCH3 is 1. The highest BCUT2D eigenvalue weighted by Gasteiger charge is 2.20. The Morgan fingerprint density at radius 1 is 1.21 bits per heavy atom. The van der Waals surface area contributed by atoms with Crippen LogP contribution in [0, 0.1) is 12.0 Å². The van der Waals surface area contributed by atoms with Crippen molar-refractivity contribution in [1.29, 1.82) is 0 Å². The number of aromatic nitrogens is 1. The van der Waals surface area contributed by atoms with Crippen LogP contribution in [0.15, 0.2) is 36.5 Å². The van der Waals surface area contributed by atoms with Crippen molar-refractivity contribution in [3.05, 3.63) is 47.6 Å². The average Bonchev–Trinajstić information content (AvgIpc) is 2.76. The van der Waals surface area contributed by atoms with Gasteiger partial charge in [0.2, 0.25) is 0 Å². The lowest BCUT2D eigenvalue weighted by molar-refractivity contribution is 0.345. The second-order valence-corrected chi connectivity index (χ2v) is 8.02. The normalized spacial score (nSPS) is 19.3. The second kappa shape index (κ2) is 8.47. The molecule has 29 heavy (non-hydrogen) atoms. The fraction of sp³-hybridized carbons (Fsp3) is 0.348. The number of pyridine rings is 1. The number of hydrogen-bond acceptors (Lipinski definition) is 5. The molecule has 0 atom stereocenters. The zero-order valence-corrected chi connectivity index (χ0v) is 17.2. The number of phenols is 1. The van der Waals surface area contributed by atoms with Crippen molar-refractivity contribution in [3.8, 4) is 22.6 Å². The highest BCUT2D eigenvalue weighted by molar-refractivity contribution is 6.32. The Labute approximate surface area is 175 Å². The number of phenolic OH excluding ortho intramolecular Hbond substituents is 1. The number of ether oxygens (including phenoxy) is 1. The third-order valence-electron chi connectivity index (χ3n) is 5.79. The van der Waals surface area contributed by atoms with Crippen molar-refractivity contribution < 1.29 is 9.84 Å². The van der Waals surface area contributed by atoms with Crippen LogP contribution in [-0.2, 0) is 0 Å². The lowest BCUT2D eigenvalue weighted by Crippen LogP contribution is -2.29. The van der Waals surface area contributed by atoms with E-state index in [-0.39, 0.29) is 10.8 Å². The van der Waals surface area contributed by atoms with Crippen molar-refractivity contribution in [2.45, 2.75) is 31.7 Å². The molecule has 5 nitrogen and oxygen atoms in total. The molecule has 1 saturated carbocycles. The number of halogens is 1. The van der Waals surface area contributed by atoms with E-state index in [0.717, 1.165) is 59.9 Å². The number of fused-ring (bicyclic) bond motifs is 1. The number of rotatable bonds is 5. The van der Waals surface area contributed by atoms with Crippen LogP contribution >= 0.6 is 11.6 Å². The molecular weight excluding hydrogens is 386 g/mol. The lowest BCUT2D eigenvalue weighted by atomic mass is 9.86. The molecule has 3 aromatic rings. The van der Waals surface area contributed by atoms with Crippen LogP contribution in [0.4, 0.5) is 5.69 Å². The van der Waals surface area contributed by atoms with E-state index in [9.17, 15) is 5.11 Å². The van der Waals surface area contributed by atoms with Crippen LogP contribution in [0.3, 0.4) is 0 Å². The molecule has 0 unspecified atom stereocenters. The molecule has 1 radical (unpaired) electrons. The number of anilines is 1. The zero-order valence-electron chi connectivity index (χ0n) is 16.4. The summed E-state index contributed by atoms with van der Waals surface area (Å²) in [6.07, 6.45) is 6.27. The van der Waals surface area contributed by atoms with Gasteiger partial charge < -0.3 is 20.9 Å². The summed E-state index contributed by atoms with van der Waals surface area (Å²) in [6.45, 7) is 0.777. The highest BCUT2D eigenvalue weighted by atomic mass is 35.5. The van der Waals surface area contributed by atoms with Crippen LogP contribution < -0.4 is 15.8 Å². The molecule has 1 heterocycles. The molecule has 0 bridgehead atoms. The van der Waals surface area contributed by atoms with Crippen LogP contribution in [0.2, 0.25) is 5.02 Å². The summed E-state index contributed by atoms with van der Waals surface area (Å²) >= 11 is 6.18. The Kier molecular flexibility index (Phi) is 5.79. The molecule has 1 aliphatic rings. The minimum absolute atomic E-state index is 0.0517. The van der Waals surface area contributed by atoms with Crippen LogP contribution in [-0.4, -0.2) is 29.8 Å². The van der Waals surface area contributed by atoms with E-state index < -0.39 is 0 Å². The first-order chi connectivity index (χ1) is 14.1. The van der Waals surface area contributed by atoms with Crippen molar-refractivity contribution >= 4 is 28.2 Å². The molecular formula is C23H25ClN3O2. The van der Waals surface area contributed by atoms with Gasteiger partial charge in [0, 0.05) is 23.7 Å². The third kappa shape index (κ3) is 4.11. The summed E-state index contributed by atoms with van der Waals surface area (Å²) in [5, 5.41) is 14.9. The van der Waals surface area contributed by atoms with Crippen molar-refractivity contribution in [2.24, 2.45) is 11.7 Å². The molecule has 1 aliphatic carbocycles. The van der Waals surface area contributed by atoms with E-state index in [4.69, 9.17) is 22.1 Å². The first kappa shape index (κ1) is 19.8. The quantitative estimate of drug-likeness (QED) is 0.551. The van der Waals surface area contributed by atoms with Crippen LogP contribution in [0.5, 0.6) is 11.5 Å². The van der Waals surface area contributed by atoms with Crippen LogP contribution in [0.1, 0.15) is 25.7 Å². The Balaban J connectivity index is 1.67. The molecule has 2 aromatic carbocycles. The predicted molar refractivity (Wildman–Crippen MR) is 118 cm³/mol. The number of benzene rings is 2. The van der Waals surface area contributed by atoms with Crippen LogP contribution in [0.25, 0.3) is 22.0 Å². The van der Waals surface area contributed by atoms with E-state index in [1.165, 1.54) is 7.11 Å². The summed E-state index contributed by atoms with van der Waals surface area (Å²) in [7, 11) is 1.51. The fourth-order valence-electron chi connectivity index (χ4n) is 4.03. The summed E-state index contributed by atoms with van der Waals surface area (Å²) in [5.41, 5.74) is 9.52. The van der Waals surface area contributed by atoms with Gasteiger partial charge in [-0.05, 0) is 73.5 Å². The van der Waals surface area contributed by atoms with Gasteiger partial charge in [0.05, 0.1) is 23.3 Å². The molecule has 0 aliphatic heterocycles. The molecule has 6 heteroatoms. The third-order valence-corrected chi connectivity index (χ3v) is 6.08. The monoisotopic (exact) mass is 410 g/mol. The molecule has 0 spiro atoms. The first-order valence-corrected chi connectivity index (χ1v) is 10.3. The summed E-state index contributed by atoms with van der Waals surface area (Å²) in [4.78, 5) is 4.46. The highest BCUT2D eigenvalue weighted by Crippen LogP contribution is 2.39. The molecule has 1 aromatic heterocycles. The predicted octanol–water partition coefficient (Wildman–Crippen LogP) is 5.00. The smallest absolute Gasteiger partial charge is 0.176 e. The van der Waals surface area contributed by atoms with Gasteiger partial charge in [-0.1, -0.05) is 17.7 Å². The largest absolute Gasteiger partial charge is 0.503 e. The summed E-state index contributed by atoms with van der Waals surface area (Å²) in [6, 6.07) is 13.3. The summed E-state index contributed by atoms with van der Waals surface area (Å²) < 4.78 is 5.24. The molecule has 4 N–H and O–H groups in total. The van der Waals surface area contributed by atoms with E-state index in [0.29, 0.717) is 17.7 Å². The van der Waals surface area contributed by atoms with Crippen molar-refractivity contribution in [2.75, 3.05) is 19.0 Å². The van der Waals surface area contributed by atoms with Crippen molar-refractivity contribution in [3.63, 3.8) is 0 Å². The Morgan fingerprint density at radius 3 is 2.72 bits per heavy atom. The van der Waals surface area contributed by atoms with Gasteiger partial charge in [-0.25, -0.2) is 0 Å². The average molecular weight is 411 g/mol. The molecule has 1 fully saturated rings. The fourth-order valence-corrected chi connectivity index (χ4v) is 4.25. The maximum Gasteiger partial charge on any atom is 0.176 e. The van der Waals surface area contributed by atoms with Gasteiger partial charge in [-0.3, -0.25) is 4.98 Å². The summed E-state index contributed by atoms with van der Waals surface area (Å²) in [5.74, 6) is 0.941. The Bertz CT molecular complexity index is 1020. The SMILES string of the molecule is COc1cc(-c2ccc3nc[c]c(NC4CCC(CN)CC4)c3c2)cc(Cl)c1O. The van der Waals surface area contributed by atoms with E-state index in [2.05, 4.69) is 22.4 Å². The molecule has 4 rings (SSSR count). The van der Waals surface area contributed by atoms with E-state index >= 15 is 0 Å². The number of nitrogens with two attached hydrogens (primary N) is 1. The van der Waals surface area contributed by atoms with Gasteiger partial charge in [-0.15, -0.1) is 0 Å². The Morgan fingerprint density at radius 2 is 2.00 bits per heavy atom. The lowest BCUT2D eigenvalue weighted by Gasteiger charge is -2.29. The molecule has 151 valence electrons. The molecule has 0 saturated heterocycles. The van der Waals surface area contributed by atoms with E-state index in [1.807, 2.05) is 12.1 Å². The minimum atomic E-state index is -0.0517. The van der Waals surface area contributed by atoms with Gasteiger partial charge in [-0.2, -0.15) is 0 Å². The topological polar surface area (TPSA) is 80.4 Å². The first-order valence-electron chi connectivity index (χ1n) is 9.93. The zero-order chi connectivity index (χ0) is 20.4. The maximum absolute atomic E-state index is 10.0. The number of nitrogens with zero attached hydrogens (tertiary/aromatic N) is 1. The number of aromatic hydroxyl groups is 1. The van der Waals surface area contributed by atoms with Crippen molar-refractivity contribution in [1.82, 2.24) is 4.98 Å². The maximum atomic E-state index is 10.0. The number of nitrogens with one attached hydrogen (secondary N) is 1. The van der Waals surface area contributed by atoms with Gasteiger partial charge in [0.1, 0.15) is 0 Å². The van der Waals surface area contributed by atoms with Gasteiger partial charge in [0.25, 0.3) is 0 Å². The number of hydrogen-bond donors (Lipinski definition) is 3. The van der Waals surface area contributed by atoms with E-state index in [1.54, 1.807) is 18.3 Å². The second-order valence-electron chi connectivity index (χ2n) is 7.62. The minimum Gasteiger partial charge on any atom is -0.503 e. The van der Waals surface area contributed by atoms with Gasteiger partial charge in [0.15, 0.2) is 11.5 Å². The molecule has 0 amide bonds. The Hall–Kier alpha value is -2.50.